The first-order chi connectivity index (χ1) is 10.7. The monoisotopic (exact) mass is 360 g/mol. The van der Waals surface area contributed by atoms with E-state index in [0.717, 1.165) is 21.3 Å². The standard InChI is InChI=1S/C16H13BrN2O3/c17-12-3-1-2-10(6-12)16(8-20-15(18)19-16)11-4-5-13-14(7-11)22-9-21-13/h1-7H,8-9H2,(H2,18,19). The van der Waals surface area contributed by atoms with Crippen molar-refractivity contribution in [3.63, 3.8) is 0 Å². The Morgan fingerprint density at radius 3 is 2.59 bits per heavy atom. The Balaban J connectivity index is 1.89. The highest BCUT2D eigenvalue weighted by molar-refractivity contribution is 9.10. The fourth-order valence-electron chi connectivity index (χ4n) is 2.79. The van der Waals surface area contributed by atoms with Crippen molar-refractivity contribution in [2.75, 3.05) is 13.4 Å². The summed E-state index contributed by atoms with van der Waals surface area (Å²) in [5.74, 6) is 1.46. The lowest BCUT2D eigenvalue weighted by atomic mass is 9.84. The molecular formula is C16H13BrN2O3. The lowest BCUT2D eigenvalue weighted by Gasteiger charge is -2.25. The molecule has 0 saturated heterocycles. The van der Waals surface area contributed by atoms with Crippen molar-refractivity contribution in [1.82, 2.24) is 0 Å². The summed E-state index contributed by atoms with van der Waals surface area (Å²) in [5.41, 5.74) is 7.08. The maximum Gasteiger partial charge on any atom is 0.283 e. The summed E-state index contributed by atoms with van der Waals surface area (Å²) < 4.78 is 17.3. The van der Waals surface area contributed by atoms with Crippen LogP contribution in [0.4, 0.5) is 0 Å². The van der Waals surface area contributed by atoms with Crippen molar-refractivity contribution < 1.29 is 14.2 Å². The van der Waals surface area contributed by atoms with E-state index in [0.29, 0.717) is 12.4 Å². The molecule has 2 aromatic carbocycles. The van der Waals surface area contributed by atoms with Crippen LogP contribution in [-0.2, 0) is 10.3 Å². The summed E-state index contributed by atoms with van der Waals surface area (Å²) in [4.78, 5) is 4.58. The van der Waals surface area contributed by atoms with Crippen LogP contribution in [-0.4, -0.2) is 19.4 Å². The summed E-state index contributed by atoms with van der Waals surface area (Å²) in [7, 11) is 0. The number of fused-ring (bicyclic) bond motifs is 1. The highest BCUT2D eigenvalue weighted by Crippen LogP contribution is 2.42. The molecule has 2 aliphatic heterocycles. The number of nitrogens with zero attached hydrogens (tertiary/aromatic N) is 1. The van der Waals surface area contributed by atoms with E-state index in [1.54, 1.807) is 0 Å². The maximum absolute atomic E-state index is 5.80. The van der Waals surface area contributed by atoms with Crippen LogP contribution in [0.3, 0.4) is 0 Å². The number of rotatable bonds is 2. The maximum atomic E-state index is 5.80. The van der Waals surface area contributed by atoms with Gasteiger partial charge >= 0.3 is 0 Å². The van der Waals surface area contributed by atoms with Gasteiger partial charge in [0, 0.05) is 4.47 Å². The minimum atomic E-state index is -0.672. The van der Waals surface area contributed by atoms with Crippen molar-refractivity contribution >= 4 is 22.0 Å². The van der Waals surface area contributed by atoms with Gasteiger partial charge in [-0.3, -0.25) is 0 Å². The quantitative estimate of drug-likeness (QED) is 0.893. The number of halogens is 1. The molecule has 5 nitrogen and oxygen atoms in total. The van der Waals surface area contributed by atoms with E-state index in [4.69, 9.17) is 19.9 Å². The van der Waals surface area contributed by atoms with Crippen molar-refractivity contribution in [3.05, 3.63) is 58.1 Å². The van der Waals surface area contributed by atoms with E-state index in [2.05, 4.69) is 20.9 Å². The Hall–Kier alpha value is -2.21. The smallest absolute Gasteiger partial charge is 0.283 e. The molecule has 2 aliphatic rings. The first-order valence-corrected chi connectivity index (χ1v) is 7.61. The van der Waals surface area contributed by atoms with Crippen LogP contribution in [0.5, 0.6) is 11.5 Å². The Labute approximate surface area is 135 Å². The number of ether oxygens (including phenoxy) is 3. The molecule has 2 heterocycles. The van der Waals surface area contributed by atoms with Gasteiger partial charge in [0.2, 0.25) is 6.79 Å². The highest BCUT2D eigenvalue weighted by atomic mass is 79.9. The van der Waals surface area contributed by atoms with Gasteiger partial charge in [-0.15, -0.1) is 0 Å². The number of hydrogen-bond donors (Lipinski definition) is 1. The van der Waals surface area contributed by atoms with Gasteiger partial charge in [0.1, 0.15) is 6.61 Å². The van der Waals surface area contributed by atoms with E-state index in [1.165, 1.54) is 0 Å². The third-order valence-corrected chi connectivity index (χ3v) is 4.38. The zero-order valence-electron chi connectivity index (χ0n) is 11.6. The van der Waals surface area contributed by atoms with Crippen molar-refractivity contribution in [3.8, 4) is 11.5 Å². The van der Waals surface area contributed by atoms with Crippen LogP contribution < -0.4 is 15.2 Å². The molecule has 2 aromatic rings. The van der Waals surface area contributed by atoms with Gasteiger partial charge in [-0.25, -0.2) is 4.99 Å². The van der Waals surface area contributed by atoms with Gasteiger partial charge in [0.15, 0.2) is 17.0 Å². The molecule has 6 heteroatoms. The predicted molar refractivity (Wildman–Crippen MR) is 85.1 cm³/mol. The zero-order chi connectivity index (χ0) is 15.2. The van der Waals surface area contributed by atoms with Gasteiger partial charge in [-0.1, -0.05) is 34.1 Å². The largest absolute Gasteiger partial charge is 0.462 e. The van der Waals surface area contributed by atoms with Gasteiger partial charge in [0.25, 0.3) is 6.02 Å². The molecule has 0 spiro atoms. The molecular weight excluding hydrogens is 348 g/mol. The first-order valence-electron chi connectivity index (χ1n) is 6.82. The van der Waals surface area contributed by atoms with Gasteiger partial charge in [0.05, 0.1) is 0 Å². The van der Waals surface area contributed by atoms with Crippen LogP contribution in [0.1, 0.15) is 11.1 Å². The minimum absolute atomic E-state index is 0.192. The van der Waals surface area contributed by atoms with Crippen LogP contribution in [0.2, 0.25) is 0 Å². The molecule has 0 amide bonds. The van der Waals surface area contributed by atoms with E-state index in [-0.39, 0.29) is 12.8 Å². The molecule has 1 atom stereocenters. The molecule has 2 N–H and O–H groups in total. The second kappa shape index (κ2) is 4.91. The molecule has 4 rings (SSSR count). The fourth-order valence-corrected chi connectivity index (χ4v) is 3.19. The van der Waals surface area contributed by atoms with E-state index in [9.17, 15) is 0 Å². The molecule has 1 unspecified atom stereocenters. The molecule has 0 radical (unpaired) electrons. The summed E-state index contributed by atoms with van der Waals surface area (Å²) in [6, 6.07) is 14.0. The first kappa shape index (κ1) is 13.5. The Bertz CT molecular complexity index is 778. The summed E-state index contributed by atoms with van der Waals surface area (Å²) in [6.07, 6.45) is 0. The average molecular weight is 361 g/mol. The van der Waals surface area contributed by atoms with Crippen LogP contribution in [0.15, 0.2) is 51.9 Å². The van der Waals surface area contributed by atoms with Gasteiger partial charge < -0.3 is 19.9 Å². The average Bonchev–Trinajstić information content (AvgIpc) is 3.13. The van der Waals surface area contributed by atoms with Crippen molar-refractivity contribution in [2.24, 2.45) is 10.7 Å². The topological polar surface area (TPSA) is 66.1 Å². The predicted octanol–water partition coefficient (Wildman–Crippen LogP) is 2.77. The normalized spacial score (nSPS) is 22.3. The van der Waals surface area contributed by atoms with Crippen LogP contribution in [0.25, 0.3) is 0 Å². The molecule has 0 aliphatic carbocycles. The zero-order valence-corrected chi connectivity index (χ0v) is 13.2. The van der Waals surface area contributed by atoms with Crippen molar-refractivity contribution in [1.29, 1.82) is 0 Å². The molecule has 22 heavy (non-hydrogen) atoms. The summed E-state index contributed by atoms with van der Waals surface area (Å²) in [5, 5.41) is 0. The molecule has 0 bridgehead atoms. The second-order valence-corrected chi connectivity index (χ2v) is 6.09. The highest BCUT2D eigenvalue weighted by Gasteiger charge is 2.41. The van der Waals surface area contributed by atoms with E-state index in [1.807, 2.05) is 42.5 Å². The molecule has 0 aromatic heterocycles. The molecule has 0 fully saturated rings. The Morgan fingerprint density at radius 2 is 1.82 bits per heavy atom. The van der Waals surface area contributed by atoms with Gasteiger partial charge in [-0.05, 0) is 35.4 Å². The van der Waals surface area contributed by atoms with Gasteiger partial charge in [-0.2, -0.15) is 0 Å². The number of benzene rings is 2. The fraction of sp³-hybridized carbons (Fsp3) is 0.188. The van der Waals surface area contributed by atoms with Crippen LogP contribution in [0, 0.1) is 0 Å². The lowest BCUT2D eigenvalue weighted by molar-refractivity contribution is 0.174. The molecule has 112 valence electrons. The van der Waals surface area contributed by atoms with Crippen molar-refractivity contribution in [2.45, 2.75) is 5.54 Å². The van der Waals surface area contributed by atoms with Crippen LogP contribution >= 0.6 is 15.9 Å². The Morgan fingerprint density at radius 1 is 1.00 bits per heavy atom. The SMILES string of the molecule is NC1=NC(c2cccc(Br)c2)(c2ccc3c(c2)OCO3)CO1. The lowest BCUT2D eigenvalue weighted by Crippen LogP contribution is -2.27. The number of amidine groups is 1. The summed E-state index contributed by atoms with van der Waals surface area (Å²) >= 11 is 3.51. The van der Waals surface area contributed by atoms with E-state index >= 15 is 0 Å². The minimum Gasteiger partial charge on any atom is -0.462 e. The second-order valence-electron chi connectivity index (χ2n) is 5.18. The Kier molecular flexibility index (Phi) is 3.00. The third-order valence-electron chi connectivity index (χ3n) is 3.88. The number of nitrogens with two attached hydrogens (primary N) is 1. The number of aliphatic imine (C=N–C) groups is 1. The third kappa shape index (κ3) is 2.02. The van der Waals surface area contributed by atoms with E-state index < -0.39 is 5.54 Å². The summed E-state index contributed by atoms with van der Waals surface area (Å²) in [6.45, 7) is 0.597. The molecule has 0 saturated carbocycles. The number of hydrogen-bond acceptors (Lipinski definition) is 5.